The van der Waals surface area contributed by atoms with Gasteiger partial charge >= 0.3 is 0 Å². The van der Waals surface area contributed by atoms with Gasteiger partial charge in [-0.1, -0.05) is 31.2 Å². The van der Waals surface area contributed by atoms with Gasteiger partial charge in [0.2, 0.25) is 0 Å². The Balaban J connectivity index is 2.11. The third-order valence-corrected chi connectivity index (χ3v) is 4.87. The first kappa shape index (κ1) is 15.5. The van der Waals surface area contributed by atoms with Gasteiger partial charge in [0, 0.05) is 10.9 Å². The molecule has 0 saturated carbocycles. The van der Waals surface area contributed by atoms with E-state index in [1.54, 1.807) is 17.8 Å². The Hall–Kier alpha value is -0.840. The summed E-state index contributed by atoms with van der Waals surface area (Å²) < 4.78 is 14.0. The normalized spacial score (nSPS) is 12.4. The molecular formula is C16H17BrFNS. The topological polar surface area (TPSA) is 26.0 Å². The molecule has 0 heterocycles. The number of hydrogen-bond donors (Lipinski definition) is 1. The van der Waals surface area contributed by atoms with Gasteiger partial charge in [-0.3, -0.25) is 0 Å². The molecule has 0 aliphatic rings. The maximum atomic E-state index is 13.5. The zero-order chi connectivity index (χ0) is 14.5. The summed E-state index contributed by atoms with van der Waals surface area (Å²) in [6.45, 7) is 2.13. The zero-order valence-corrected chi connectivity index (χ0v) is 13.7. The third kappa shape index (κ3) is 3.84. The number of thioether (sulfide) groups is 1. The highest BCUT2D eigenvalue weighted by molar-refractivity contribution is 9.10. The van der Waals surface area contributed by atoms with E-state index in [0.29, 0.717) is 10.9 Å². The number of rotatable bonds is 5. The Morgan fingerprint density at radius 2 is 1.90 bits per heavy atom. The number of benzene rings is 2. The van der Waals surface area contributed by atoms with E-state index in [2.05, 4.69) is 47.1 Å². The molecule has 2 N–H and O–H groups in total. The number of halogens is 2. The highest BCUT2D eigenvalue weighted by atomic mass is 79.9. The van der Waals surface area contributed by atoms with Gasteiger partial charge in [0.15, 0.2) is 0 Å². The van der Waals surface area contributed by atoms with Crippen LogP contribution < -0.4 is 5.73 Å². The SMILES string of the molecule is CCSc1ccc(C(N)Cc2cccc(F)c2Br)cc1. The van der Waals surface area contributed by atoms with Crippen LogP contribution in [0.25, 0.3) is 0 Å². The van der Waals surface area contributed by atoms with Gasteiger partial charge in [-0.25, -0.2) is 4.39 Å². The van der Waals surface area contributed by atoms with Crippen molar-refractivity contribution < 1.29 is 4.39 Å². The molecule has 0 bridgehead atoms. The molecule has 2 aromatic carbocycles. The minimum absolute atomic E-state index is 0.131. The summed E-state index contributed by atoms with van der Waals surface area (Å²) in [5.41, 5.74) is 8.18. The van der Waals surface area contributed by atoms with E-state index in [1.807, 2.05) is 6.07 Å². The van der Waals surface area contributed by atoms with Crippen LogP contribution in [0.2, 0.25) is 0 Å². The predicted octanol–water partition coefficient (Wildman–Crippen LogP) is 4.94. The molecule has 0 aliphatic carbocycles. The predicted molar refractivity (Wildman–Crippen MR) is 87.6 cm³/mol. The Morgan fingerprint density at radius 3 is 2.55 bits per heavy atom. The summed E-state index contributed by atoms with van der Waals surface area (Å²) in [6.07, 6.45) is 0.610. The fourth-order valence-corrected chi connectivity index (χ4v) is 3.13. The van der Waals surface area contributed by atoms with Crippen LogP contribution in [0.1, 0.15) is 24.1 Å². The molecule has 0 saturated heterocycles. The van der Waals surface area contributed by atoms with E-state index in [9.17, 15) is 4.39 Å². The van der Waals surface area contributed by atoms with E-state index in [1.165, 1.54) is 11.0 Å². The third-order valence-electron chi connectivity index (χ3n) is 3.09. The van der Waals surface area contributed by atoms with Crippen LogP contribution in [-0.2, 0) is 6.42 Å². The molecule has 0 fully saturated rings. The molecule has 4 heteroatoms. The molecule has 1 unspecified atom stereocenters. The second-order valence-corrected chi connectivity index (χ2v) is 6.66. The van der Waals surface area contributed by atoms with Crippen molar-refractivity contribution in [1.82, 2.24) is 0 Å². The van der Waals surface area contributed by atoms with Gasteiger partial charge in [-0.15, -0.1) is 11.8 Å². The average Bonchev–Trinajstić information content (AvgIpc) is 2.45. The molecule has 20 heavy (non-hydrogen) atoms. The van der Waals surface area contributed by atoms with Crippen molar-refractivity contribution in [1.29, 1.82) is 0 Å². The van der Waals surface area contributed by atoms with E-state index >= 15 is 0 Å². The molecule has 0 radical (unpaired) electrons. The van der Waals surface area contributed by atoms with Crippen molar-refractivity contribution in [2.45, 2.75) is 24.3 Å². The van der Waals surface area contributed by atoms with Crippen molar-refractivity contribution in [2.24, 2.45) is 5.73 Å². The second-order valence-electron chi connectivity index (χ2n) is 4.53. The molecule has 0 aromatic heterocycles. The highest BCUT2D eigenvalue weighted by Crippen LogP contribution is 2.26. The van der Waals surface area contributed by atoms with Crippen molar-refractivity contribution >= 4 is 27.7 Å². The lowest BCUT2D eigenvalue weighted by atomic mass is 10.00. The Labute approximate surface area is 131 Å². The monoisotopic (exact) mass is 353 g/mol. The van der Waals surface area contributed by atoms with E-state index in [0.717, 1.165) is 16.9 Å². The molecule has 0 aliphatic heterocycles. The summed E-state index contributed by atoms with van der Waals surface area (Å²) >= 11 is 5.09. The van der Waals surface area contributed by atoms with E-state index in [-0.39, 0.29) is 11.9 Å². The minimum atomic E-state index is -0.246. The summed E-state index contributed by atoms with van der Waals surface area (Å²) in [4.78, 5) is 1.25. The van der Waals surface area contributed by atoms with Gasteiger partial charge < -0.3 is 5.73 Å². The van der Waals surface area contributed by atoms with E-state index < -0.39 is 0 Å². The maximum Gasteiger partial charge on any atom is 0.137 e. The van der Waals surface area contributed by atoms with E-state index in [4.69, 9.17) is 5.73 Å². The van der Waals surface area contributed by atoms with Gasteiger partial charge in [0.1, 0.15) is 5.82 Å². The Bertz CT molecular complexity index is 571. The quantitative estimate of drug-likeness (QED) is 0.770. The van der Waals surface area contributed by atoms with Gasteiger partial charge in [0.25, 0.3) is 0 Å². The molecule has 106 valence electrons. The standard InChI is InChI=1S/C16H17BrFNS/c1-2-20-13-8-6-11(7-9-13)15(19)10-12-4-3-5-14(18)16(12)17/h3-9,15H,2,10,19H2,1H3. The first-order valence-electron chi connectivity index (χ1n) is 6.53. The van der Waals surface area contributed by atoms with Gasteiger partial charge in [0.05, 0.1) is 4.47 Å². The first-order chi connectivity index (χ1) is 9.61. The Morgan fingerprint density at radius 1 is 1.20 bits per heavy atom. The average molecular weight is 354 g/mol. The fraction of sp³-hybridized carbons (Fsp3) is 0.250. The van der Waals surface area contributed by atoms with Crippen molar-refractivity contribution in [3.05, 3.63) is 63.9 Å². The lowest BCUT2D eigenvalue weighted by Crippen LogP contribution is -2.13. The van der Waals surface area contributed by atoms with Crippen LogP contribution in [0.4, 0.5) is 4.39 Å². The van der Waals surface area contributed by atoms with Crippen molar-refractivity contribution in [3.63, 3.8) is 0 Å². The summed E-state index contributed by atoms with van der Waals surface area (Å²) in [6, 6.07) is 13.2. The summed E-state index contributed by atoms with van der Waals surface area (Å²) in [7, 11) is 0. The molecule has 2 rings (SSSR count). The lowest BCUT2D eigenvalue weighted by molar-refractivity contribution is 0.614. The van der Waals surface area contributed by atoms with Gasteiger partial charge in [-0.05, 0) is 57.4 Å². The maximum absolute atomic E-state index is 13.5. The zero-order valence-electron chi connectivity index (χ0n) is 11.3. The minimum Gasteiger partial charge on any atom is -0.324 e. The molecule has 2 aromatic rings. The van der Waals surface area contributed by atoms with Gasteiger partial charge in [-0.2, -0.15) is 0 Å². The van der Waals surface area contributed by atoms with Crippen LogP contribution in [0.5, 0.6) is 0 Å². The molecule has 1 atom stereocenters. The number of nitrogens with two attached hydrogens (primary N) is 1. The smallest absolute Gasteiger partial charge is 0.137 e. The molecule has 1 nitrogen and oxygen atoms in total. The van der Waals surface area contributed by atoms with Crippen LogP contribution in [-0.4, -0.2) is 5.75 Å². The molecule has 0 spiro atoms. The van der Waals surface area contributed by atoms with Crippen molar-refractivity contribution in [2.75, 3.05) is 5.75 Å². The largest absolute Gasteiger partial charge is 0.324 e. The summed E-state index contributed by atoms with van der Waals surface area (Å²) in [5, 5.41) is 0. The Kier molecular flexibility index (Phi) is 5.64. The lowest BCUT2D eigenvalue weighted by Gasteiger charge is -2.14. The van der Waals surface area contributed by atoms with Crippen LogP contribution in [0, 0.1) is 5.82 Å². The van der Waals surface area contributed by atoms with Crippen LogP contribution in [0.15, 0.2) is 51.8 Å². The van der Waals surface area contributed by atoms with Crippen LogP contribution in [0.3, 0.4) is 0 Å². The molecule has 0 amide bonds. The van der Waals surface area contributed by atoms with Crippen LogP contribution >= 0.6 is 27.7 Å². The first-order valence-corrected chi connectivity index (χ1v) is 8.31. The molecular weight excluding hydrogens is 337 g/mol. The fourth-order valence-electron chi connectivity index (χ4n) is 2.04. The highest BCUT2D eigenvalue weighted by Gasteiger charge is 2.11. The second kappa shape index (κ2) is 7.25. The van der Waals surface area contributed by atoms with Crippen molar-refractivity contribution in [3.8, 4) is 0 Å². The number of hydrogen-bond acceptors (Lipinski definition) is 2. The summed E-state index contributed by atoms with van der Waals surface area (Å²) in [5.74, 6) is 0.811.